The van der Waals surface area contributed by atoms with Gasteiger partial charge < -0.3 is 9.64 Å². The zero-order chi connectivity index (χ0) is 15.3. The van der Waals surface area contributed by atoms with E-state index in [1.54, 1.807) is 6.07 Å². The summed E-state index contributed by atoms with van der Waals surface area (Å²) >= 11 is 0. The third kappa shape index (κ3) is 4.98. The third-order valence-corrected chi connectivity index (χ3v) is 4.94. The number of benzene rings is 1. The molecule has 1 fully saturated rings. The lowest BCUT2D eigenvalue weighted by Crippen LogP contribution is -2.35. The molecule has 0 aliphatic carbocycles. The van der Waals surface area contributed by atoms with Gasteiger partial charge in [-0.3, -0.25) is 4.72 Å². The van der Waals surface area contributed by atoms with Gasteiger partial charge in [0.25, 0.3) is 0 Å². The fourth-order valence-corrected chi connectivity index (χ4v) is 3.60. The first-order chi connectivity index (χ1) is 10.00. The van der Waals surface area contributed by atoms with Crippen molar-refractivity contribution in [3.8, 4) is 0 Å². The first-order valence-corrected chi connectivity index (χ1v) is 9.06. The van der Waals surface area contributed by atoms with Crippen molar-refractivity contribution in [2.24, 2.45) is 0 Å². The Balaban J connectivity index is 2.07. The standard InChI is InChI=1S/C15H24N2O3S/c1-3-4-10-21(18,19)16-14-7-5-6-13(11-14)15-12-17(2)8-9-20-15/h5-7,11,15-16H,3-4,8-10,12H2,1-2H3. The molecule has 5 nitrogen and oxygen atoms in total. The summed E-state index contributed by atoms with van der Waals surface area (Å²) in [5.74, 6) is 0.163. The maximum Gasteiger partial charge on any atom is 0.232 e. The molecule has 118 valence electrons. The summed E-state index contributed by atoms with van der Waals surface area (Å²) in [6, 6.07) is 7.49. The highest BCUT2D eigenvalue weighted by atomic mass is 32.2. The second kappa shape index (κ2) is 7.24. The topological polar surface area (TPSA) is 58.6 Å². The number of unbranched alkanes of at least 4 members (excludes halogenated alkanes) is 1. The van der Waals surface area contributed by atoms with Crippen molar-refractivity contribution in [3.63, 3.8) is 0 Å². The quantitative estimate of drug-likeness (QED) is 0.875. The molecule has 1 aromatic rings. The summed E-state index contributed by atoms with van der Waals surface area (Å²) in [6.45, 7) is 4.44. The number of ether oxygens (including phenoxy) is 1. The highest BCUT2D eigenvalue weighted by Gasteiger charge is 2.20. The monoisotopic (exact) mass is 312 g/mol. The van der Waals surface area contributed by atoms with Gasteiger partial charge in [-0.2, -0.15) is 0 Å². The van der Waals surface area contributed by atoms with Crippen LogP contribution in [-0.4, -0.2) is 45.8 Å². The van der Waals surface area contributed by atoms with Crippen LogP contribution in [-0.2, 0) is 14.8 Å². The van der Waals surface area contributed by atoms with Crippen LogP contribution in [0.1, 0.15) is 31.4 Å². The summed E-state index contributed by atoms with van der Waals surface area (Å²) in [5.41, 5.74) is 1.62. The molecule has 1 atom stereocenters. The number of nitrogens with one attached hydrogen (secondary N) is 1. The molecular formula is C15H24N2O3S. The molecule has 1 saturated heterocycles. The number of morpholine rings is 1. The normalized spacial score (nSPS) is 20.4. The molecule has 0 aromatic heterocycles. The number of sulfonamides is 1. The van der Waals surface area contributed by atoms with Crippen molar-refractivity contribution in [2.45, 2.75) is 25.9 Å². The molecular weight excluding hydrogens is 288 g/mol. The van der Waals surface area contributed by atoms with Crippen LogP contribution in [0.3, 0.4) is 0 Å². The maximum absolute atomic E-state index is 11.9. The summed E-state index contributed by atoms with van der Waals surface area (Å²) in [6.07, 6.45) is 1.54. The second-order valence-electron chi connectivity index (χ2n) is 5.52. The average Bonchev–Trinajstić information content (AvgIpc) is 2.45. The van der Waals surface area contributed by atoms with Gasteiger partial charge in [-0.05, 0) is 31.2 Å². The molecule has 0 radical (unpaired) electrons. The van der Waals surface area contributed by atoms with Gasteiger partial charge in [0.1, 0.15) is 0 Å². The fourth-order valence-electron chi connectivity index (χ4n) is 2.35. The van der Waals surface area contributed by atoms with E-state index in [4.69, 9.17) is 4.74 Å². The number of hydrogen-bond acceptors (Lipinski definition) is 4. The minimum atomic E-state index is -3.26. The van der Waals surface area contributed by atoms with Gasteiger partial charge in [-0.25, -0.2) is 8.42 Å². The largest absolute Gasteiger partial charge is 0.371 e. The van der Waals surface area contributed by atoms with E-state index in [1.807, 2.05) is 25.1 Å². The minimum Gasteiger partial charge on any atom is -0.371 e. The molecule has 1 N–H and O–H groups in total. The molecule has 1 aliphatic heterocycles. The smallest absolute Gasteiger partial charge is 0.232 e. The Labute approximate surface area is 127 Å². The molecule has 0 spiro atoms. The van der Waals surface area contributed by atoms with E-state index in [2.05, 4.69) is 16.7 Å². The summed E-state index contributed by atoms with van der Waals surface area (Å²) in [5, 5.41) is 0. The van der Waals surface area contributed by atoms with E-state index < -0.39 is 10.0 Å². The summed E-state index contributed by atoms with van der Waals surface area (Å²) in [4.78, 5) is 2.21. The lowest BCUT2D eigenvalue weighted by Gasteiger charge is -2.30. The van der Waals surface area contributed by atoms with Gasteiger partial charge >= 0.3 is 0 Å². The van der Waals surface area contributed by atoms with Crippen LogP contribution in [0.5, 0.6) is 0 Å². The highest BCUT2D eigenvalue weighted by Crippen LogP contribution is 2.24. The Morgan fingerprint density at radius 1 is 1.43 bits per heavy atom. The second-order valence-corrected chi connectivity index (χ2v) is 7.36. The Bertz CT molecular complexity index is 560. The van der Waals surface area contributed by atoms with Gasteiger partial charge in [0.05, 0.1) is 18.5 Å². The van der Waals surface area contributed by atoms with Gasteiger partial charge in [0, 0.05) is 18.8 Å². The van der Waals surface area contributed by atoms with E-state index >= 15 is 0 Å². The minimum absolute atomic E-state index is 0.00356. The molecule has 6 heteroatoms. The first kappa shape index (κ1) is 16.3. The first-order valence-electron chi connectivity index (χ1n) is 7.41. The molecule has 1 aliphatic rings. The van der Waals surface area contributed by atoms with Crippen molar-refractivity contribution in [1.29, 1.82) is 0 Å². The summed E-state index contributed by atoms with van der Waals surface area (Å²) < 4.78 is 32.3. The zero-order valence-electron chi connectivity index (χ0n) is 12.7. The number of hydrogen-bond donors (Lipinski definition) is 1. The van der Waals surface area contributed by atoms with Crippen LogP contribution >= 0.6 is 0 Å². The van der Waals surface area contributed by atoms with Crippen molar-refractivity contribution >= 4 is 15.7 Å². The van der Waals surface area contributed by atoms with Gasteiger partial charge in [-0.15, -0.1) is 0 Å². The van der Waals surface area contributed by atoms with Crippen molar-refractivity contribution in [1.82, 2.24) is 4.90 Å². The number of rotatable bonds is 6. The predicted molar refractivity (Wildman–Crippen MR) is 84.9 cm³/mol. The molecule has 0 amide bonds. The van der Waals surface area contributed by atoms with E-state index in [9.17, 15) is 8.42 Å². The van der Waals surface area contributed by atoms with Crippen molar-refractivity contribution in [2.75, 3.05) is 37.2 Å². The number of anilines is 1. The zero-order valence-corrected chi connectivity index (χ0v) is 13.5. The summed E-state index contributed by atoms with van der Waals surface area (Å²) in [7, 11) is -1.19. The maximum atomic E-state index is 11.9. The van der Waals surface area contributed by atoms with E-state index in [0.717, 1.165) is 25.1 Å². The fraction of sp³-hybridized carbons (Fsp3) is 0.600. The van der Waals surface area contributed by atoms with Crippen molar-refractivity contribution in [3.05, 3.63) is 29.8 Å². The Morgan fingerprint density at radius 2 is 2.24 bits per heavy atom. The lowest BCUT2D eigenvalue weighted by molar-refractivity contribution is -0.0208. The molecule has 1 heterocycles. The van der Waals surface area contributed by atoms with Crippen LogP contribution in [0, 0.1) is 0 Å². The van der Waals surface area contributed by atoms with Crippen LogP contribution in [0.15, 0.2) is 24.3 Å². The van der Waals surface area contributed by atoms with Crippen LogP contribution in [0.2, 0.25) is 0 Å². The van der Waals surface area contributed by atoms with Crippen LogP contribution in [0.4, 0.5) is 5.69 Å². The van der Waals surface area contributed by atoms with Crippen LogP contribution in [0.25, 0.3) is 0 Å². The van der Waals surface area contributed by atoms with E-state index in [-0.39, 0.29) is 11.9 Å². The van der Waals surface area contributed by atoms with E-state index in [1.165, 1.54) is 0 Å². The van der Waals surface area contributed by atoms with Gasteiger partial charge in [0.15, 0.2) is 0 Å². The SMILES string of the molecule is CCCCS(=O)(=O)Nc1cccc(C2CN(C)CCO2)c1. The van der Waals surface area contributed by atoms with Crippen molar-refractivity contribution < 1.29 is 13.2 Å². The lowest BCUT2D eigenvalue weighted by atomic mass is 10.1. The van der Waals surface area contributed by atoms with Crippen LogP contribution < -0.4 is 4.72 Å². The molecule has 21 heavy (non-hydrogen) atoms. The molecule has 2 rings (SSSR count). The van der Waals surface area contributed by atoms with E-state index in [0.29, 0.717) is 18.7 Å². The molecule has 1 aromatic carbocycles. The highest BCUT2D eigenvalue weighted by molar-refractivity contribution is 7.92. The van der Waals surface area contributed by atoms with Gasteiger partial charge in [-0.1, -0.05) is 25.5 Å². The molecule has 0 saturated carbocycles. The Kier molecular flexibility index (Phi) is 5.61. The predicted octanol–water partition coefficient (Wildman–Crippen LogP) is 2.23. The Hall–Kier alpha value is -1.11. The van der Waals surface area contributed by atoms with Gasteiger partial charge in [0.2, 0.25) is 10.0 Å². The average molecular weight is 312 g/mol. The third-order valence-electron chi connectivity index (χ3n) is 3.57. The number of nitrogens with zero attached hydrogens (tertiary/aromatic N) is 1. The molecule has 1 unspecified atom stereocenters. The molecule has 0 bridgehead atoms. The number of likely N-dealkylation sites (N-methyl/N-ethyl adjacent to an activating group) is 1. The Morgan fingerprint density at radius 3 is 2.95 bits per heavy atom.